The van der Waals surface area contributed by atoms with E-state index in [1.54, 1.807) is 7.11 Å². The van der Waals surface area contributed by atoms with Gasteiger partial charge >= 0.3 is 0 Å². The Labute approximate surface area is 133 Å². The van der Waals surface area contributed by atoms with Gasteiger partial charge in [0.25, 0.3) is 0 Å². The first-order chi connectivity index (χ1) is 10.6. The maximum absolute atomic E-state index is 5.31. The van der Waals surface area contributed by atoms with Crippen molar-refractivity contribution in [3.05, 3.63) is 24.3 Å². The molecule has 0 saturated carbocycles. The van der Waals surface area contributed by atoms with E-state index in [1.807, 2.05) is 19.2 Å². The number of anilines is 1. The molecule has 1 saturated heterocycles. The molecule has 2 rings (SSSR count). The van der Waals surface area contributed by atoms with E-state index in [9.17, 15) is 0 Å². The van der Waals surface area contributed by atoms with E-state index < -0.39 is 0 Å². The molecule has 0 spiro atoms. The zero-order valence-electron chi connectivity index (χ0n) is 14.1. The number of nitrogens with zero attached hydrogens (tertiary/aromatic N) is 2. The molecule has 22 heavy (non-hydrogen) atoms. The molecule has 2 N–H and O–H groups in total. The van der Waals surface area contributed by atoms with Gasteiger partial charge in [-0.1, -0.05) is 6.07 Å². The molecule has 0 aliphatic carbocycles. The number of nitrogens with one attached hydrogen (secondary N) is 2. The summed E-state index contributed by atoms with van der Waals surface area (Å²) in [5, 5.41) is 6.74. The highest BCUT2D eigenvalue weighted by Gasteiger charge is 2.23. The maximum Gasteiger partial charge on any atom is 0.191 e. The first kappa shape index (κ1) is 16.5. The van der Waals surface area contributed by atoms with Crippen molar-refractivity contribution < 1.29 is 4.74 Å². The average Bonchev–Trinajstić information content (AvgIpc) is 3.00. The molecule has 1 unspecified atom stereocenters. The van der Waals surface area contributed by atoms with Gasteiger partial charge in [0.05, 0.1) is 7.11 Å². The highest BCUT2D eigenvalue weighted by atomic mass is 16.5. The molecule has 0 aromatic heterocycles. The van der Waals surface area contributed by atoms with Gasteiger partial charge in [-0.05, 0) is 38.3 Å². The van der Waals surface area contributed by atoms with Crippen LogP contribution in [-0.2, 0) is 0 Å². The van der Waals surface area contributed by atoms with Crippen molar-refractivity contribution in [1.82, 2.24) is 10.6 Å². The Morgan fingerprint density at radius 3 is 2.95 bits per heavy atom. The molecule has 1 aliphatic rings. The summed E-state index contributed by atoms with van der Waals surface area (Å²) >= 11 is 0. The molecule has 0 radical (unpaired) electrons. The number of rotatable bonds is 5. The smallest absolute Gasteiger partial charge is 0.191 e. The predicted molar refractivity (Wildman–Crippen MR) is 92.9 cm³/mol. The van der Waals surface area contributed by atoms with Crippen LogP contribution in [0.1, 0.15) is 20.3 Å². The largest absolute Gasteiger partial charge is 0.497 e. The minimum atomic E-state index is 0.392. The molecule has 1 aliphatic heterocycles. The van der Waals surface area contributed by atoms with E-state index in [4.69, 9.17) is 4.74 Å². The van der Waals surface area contributed by atoms with Crippen LogP contribution in [0.3, 0.4) is 0 Å². The van der Waals surface area contributed by atoms with Crippen LogP contribution >= 0.6 is 0 Å². The summed E-state index contributed by atoms with van der Waals surface area (Å²) in [6.45, 7) is 7.35. The Kier molecular flexibility index (Phi) is 5.92. The second-order valence-electron chi connectivity index (χ2n) is 6.05. The minimum Gasteiger partial charge on any atom is -0.497 e. The van der Waals surface area contributed by atoms with E-state index >= 15 is 0 Å². The van der Waals surface area contributed by atoms with Crippen molar-refractivity contribution in [2.75, 3.05) is 38.7 Å². The summed E-state index contributed by atoms with van der Waals surface area (Å²) in [5.41, 5.74) is 1.24. The number of guanidine groups is 1. The van der Waals surface area contributed by atoms with E-state index in [2.05, 4.69) is 46.5 Å². The van der Waals surface area contributed by atoms with Crippen LogP contribution in [0.4, 0.5) is 5.69 Å². The van der Waals surface area contributed by atoms with Gasteiger partial charge < -0.3 is 20.3 Å². The topological polar surface area (TPSA) is 48.9 Å². The first-order valence-electron chi connectivity index (χ1n) is 7.98. The molecule has 0 bridgehead atoms. The fourth-order valence-corrected chi connectivity index (χ4v) is 2.75. The van der Waals surface area contributed by atoms with Crippen LogP contribution < -0.4 is 20.3 Å². The third kappa shape index (κ3) is 4.55. The second-order valence-corrected chi connectivity index (χ2v) is 6.05. The summed E-state index contributed by atoms with van der Waals surface area (Å²) in [7, 11) is 3.53. The molecular formula is C17H28N4O. The van der Waals surface area contributed by atoms with Crippen molar-refractivity contribution in [3.8, 4) is 5.75 Å². The fourth-order valence-electron chi connectivity index (χ4n) is 2.75. The van der Waals surface area contributed by atoms with Crippen LogP contribution in [0.5, 0.6) is 5.75 Å². The van der Waals surface area contributed by atoms with Crippen molar-refractivity contribution in [3.63, 3.8) is 0 Å². The number of hydrogen-bond donors (Lipinski definition) is 2. The Bertz CT molecular complexity index is 501. The maximum atomic E-state index is 5.31. The Morgan fingerprint density at radius 1 is 1.45 bits per heavy atom. The summed E-state index contributed by atoms with van der Waals surface area (Å²) in [6.07, 6.45) is 1.20. The molecule has 0 amide bonds. The van der Waals surface area contributed by atoms with E-state index in [0.29, 0.717) is 12.0 Å². The van der Waals surface area contributed by atoms with Crippen LogP contribution in [0.25, 0.3) is 0 Å². The molecule has 5 nitrogen and oxygen atoms in total. The highest BCUT2D eigenvalue weighted by Crippen LogP contribution is 2.26. The lowest BCUT2D eigenvalue weighted by Gasteiger charge is -2.20. The number of benzene rings is 1. The molecule has 1 atom stereocenters. The molecule has 5 heteroatoms. The van der Waals surface area contributed by atoms with Gasteiger partial charge in [-0.15, -0.1) is 0 Å². The predicted octanol–water partition coefficient (Wildman–Crippen LogP) is 2.09. The number of hydrogen-bond acceptors (Lipinski definition) is 3. The van der Waals surface area contributed by atoms with Crippen molar-refractivity contribution in [2.24, 2.45) is 10.9 Å². The van der Waals surface area contributed by atoms with Crippen LogP contribution in [0, 0.1) is 5.92 Å². The summed E-state index contributed by atoms with van der Waals surface area (Å²) in [4.78, 5) is 6.68. The monoisotopic (exact) mass is 304 g/mol. The zero-order chi connectivity index (χ0) is 15.9. The third-order valence-electron chi connectivity index (χ3n) is 3.91. The van der Waals surface area contributed by atoms with E-state index in [0.717, 1.165) is 31.3 Å². The SMILES string of the molecule is CN=C(NCC1CCN(c2cccc(OC)c2)C1)NC(C)C. The highest BCUT2D eigenvalue weighted by molar-refractivity contribution is 5.79. The van der Waals surface area contributed by atoms with E-state index in [1.165, 1.54) is 12.1 Å². The molecule has 1 aromatic rings. The van der Waals surface area contributed by atoms with Gasteiger partial charge in [0.2, 0.25) is 0 Å². The van der Waals surface area contributed by atoms with Gasteiger partial charge in [0.15, 0.2) is 5.96 Å². The van der Waals surface area contributed by atoms with Crippen LogP contribution in [0.2, 0.25) is 0 Å². The lowest BCUT2D eigenvalue weighted by Crippen LogP contribution is -2.43. The van der Waals surface area contributed by atoms with Gasteiger partial charge in [0, 0.05) is 44.5 Å². The minimum absolute atomic E-state index is 0.392. The average molecular weight is 304 g/mol. The van der Waals surface area contributed by atoms with E-state index in [-0.39, 0.29) is 0 Å². The Balaban J connectivity index is 1.84. The van der Waals surface area contributed by atoms with Gasteiger partial charge in [-0.3, -0.25) is 4.99 Å². The Morgan fingerprint density at radius 2 is 2.27 bits per heavy atom. The van der Waals surface area contributed by atoms with Crippen LogP contribution in [0.15, 0.2) is 29.3 Å². The van der Waals surface area contributed by atoms with Crippen LogP contribution in [-0.4, -0.2) is 45.8 Å². The fraction of sp³-hybridized carbons (Fsp3) is 0.588. The first-order valence-corrected chi connectivity index (χ1v) is 7.98. The lowest BCUT2D eigenvalue weighted by molar-refractivity contribution is 0.415. The van der Waals surface area contributed by atoms with Crippen molar-refractivity contribution >= 4 is 11.6 Å². The molecule has 122 valence electrons. The lowest BCUT2D eigenvalue weighted by atomic mass is 10.1. The third-order valence-corrected chi connectivity index (χ3v) is 3.91. The molecule has 1 fully saturated rings. The molecule has 1 heterocycles. The quantitative estimate of drug-likeness (QED) is 0.646. The van der Waals surface area contributed by atoms with Crippen molar-refractivity contribution in [2.45, 2.75) is 26.3 Å². The number of ether oxygens (including phenoxy) is 1. The van der Waals surface area contributed by atoms with Crippen molar-refractivity contribution in [1.29, 1.82) is 0 Å². The summed E-state index contributed by atoms with van der Waals surface area (Å²) in [6, 6.07) is 8.68. The normalized spacial score (nSPS) is 18.7. The number of methoxy groups -OCH3 is 1. The zero-order valence-corrected chi connectivity index (χ0v) is 14.1. The molecular weight excluding hydrogens is 276 g/mol. The Hall–Kier alpha value is -1.91. The standard InChI is InChI=1S/C17H28N4O/c1-13(2)20-17(18-3)19-11-14-8-9-21(12-14)15-6-5-7-16(10-15)22-4/h5-7,10,13-14H,8-9,11-12H2,1-4H3,(H2,18,19,20). The molecule has 1 aromatic carbocycles. The number of aliphatic imine (C=N–C) groups is 1. The van der Waals surface area contributed by atoms with Gasteiger partial charge in [-0.25, -0.2) is 0 Å². The van der Waals surface area contributed by atoms with Gasteiger partial charge in [-0.2, -0.15) is 0 Å². The summed E-state index contributed by atoms with van der Waals surface area (Å²) < 4.78 is 5.31. The summed E-state index contributed by atoms with van der Waals surface area (Å²) in [5.74, 6) is 2.44. The second kappa shape index (κ2) is 7.92. The van der Waals surface area contributed by atoms with Gasteiger partial charge in [0.1, 0.15) is 5.75 Å².